The highest BCUT2D eigenvalue weighted by Gasteiger charge is 2.25. The molecule has 0 spiro atoms. The fourth-order valence-electron chi connectivity index (χ4n) is 2.50. The Morgan fingerprint density at radius 3 is 3.23 bits per heavy atom. The highest BCUT2D eigenvalue weighted by molar-refractivity contribution is 7.08. The molecule has 7 heteroatoms. The van der Waals surface area contributed by atoms with Crippen molar-refractivity contribution in [1.82, 2.24) is 14.9 Å². The van der Waals surface area contributed by atoms with Crippen molar-refractivity contribution in [2.24, 2.45) is 0 Å². The normalized spacial score (nSPS) is 18.4. The summed E-state index contributed by atoms with van der Waals surface area (Å²) in [4.78, 5) is 32.0. The molecule has 3 rings (SSSR count). The van der Waals surface area contributed by atoms with Gasteiger partial charge in [0.2, 0.25) is 0 Å². The van der Waals surface area contributed by atoms with Crippen LogP contribution in [0.3, 0.4) is 0 Å². The summed E-state index contributed by atoms with van der Waals surface area (Å²) in [6, 6.07) is 3.34. The number of amides is 1. The summed E-state index contributed by atoms with van der Waals surface area (Å²) in [6.07, 6.45) is 2.79. The lowest BCUT2D eigenvalue weighted by atomic mass is 10.1. The molecule has 1 saturated heterocycles. The van der Waals surface area contributed by atoms with E-state index in [0.29, 0.717) is 26.1 Å². The standard InChI is InChI=1S/C15H17N3O3S/c19-14-7-12(16-10-17-14)1-2-13-8-18(4-5-21-13)15(20)11-3-6-22-9-11/h3,6-7,9-10,13H,1-2,4-5,8H2,(H,16,17,19)/t13-/m0/s1. The van der Waals surface area contributed by atoms with Crippen LogP contribution in [0, 0.1) is 0 Å². The average Bonchev–Trinajstić information content (AvgIpc) is 3.07. The Hall–Kier alpha value is -1.99. The quantitative estimate of drug-likeness (QED) is 0.922. The molecule has 0 unspecified atom stereocenters. The second-order valence-electron chi connectivity index (χ2n) is 5.20. The highest BCUT2D eigenvalue weighted by atomic mass is 32.1. The van der Waals surface area contributed by atoms with Gasteiger partial charge in [0.1, 0.15) is 0 Å². The lowest BCUT2D eigenvalue weighted by Crippen LogP contribution is -2.45. The van der Waals surface area contributed by atoms with Crippen LogP contribution >= 0.6 is 11.3 Å². The molecule has 6 nitrogen and oxygen atoms in total. The first-order chi connectivity index (χ1) is 10.7. The van der Waals surface area contributed by atoms with E-state index >= 15 is 0 Å². The Morgan fingerprint density at radius 1 is 1.55 bits per heavy atom. The Kier molecular flexibility index (Phi) is 4.65. The van der Waals surface area contributed by atoms with Crippen molar-refractivity contribution in [2.45, 2.75) is 18.9 Å². The molecule has 2 aromatic rings. The van der Waals surface area contributed by atoms with E-state index in [9.17, 15) is 9.59 Å². The molecule has 1 aliphatic heterocycles. The van der Waals surface area contributed by atoms with E-state index in [4.69, 9.17) is 4.74 Å². The fraction of sp³-hybridized carbons (Fsp3) is 0.400. The molecule has 22 heavy (non-hydrogen) atoms. The van der Waals surface area contributed by atoms with Gasteiger partial charge >= 0.3 is 0 Å². The maximum absolute atomic E-state index is 12.3. The average molecular weight is 319 g/mol. The first-order valence-electron chi connectivity index (χ1n) is 7.19. The molecule has 2 aromatic heterocycles. The van der Waals surface area contributed by atoms with Crippen molar-refractivity contribution in [3.05, 3.63) is 50.8 Å². The van der Waals surface area contributed by atoms with Crippen molar-refractivity contribution in [2.75, 3.05) is 19.7 Å². The molecule has 116 valence electrons. The van der Waals surface area contributed by atoms with E-state index in [1.807, 2.05) is 21.7 Å². The maximum Gasteiger partial charge on any atom is 0.254 e. The van der Waals surface area contributed by atoms with Crippen LogP contribution in [0.2, 0.25) is 0 Å². The monoisotopic (exact) mass is 319 g/mol. The molecule has 1 aliphatic rings. The van der Waals surface area contributed by atoms with Crippen molar-refractivity contribution >= 4 is 17.2 Å². The molecular weight excluding hydrogens is 302 g/mol. The van der Waals surface area contributed by atoms with Gasteiger partial charge in [0.25, 0.3) is 11.5 Å². The van der Waals surface area contributed by atoms with Crippen LogP contribution in [-0.4, -0.2) is 46.6 Å². The Balaban J connectivity index is 1.56. The summed E-state index contributed by atoms with van der Waals surface area (Å²) < 4.78 is 5.72. The fourth-order valence-corrected chi connectivity index (χ4v) is 3.13. The second kappa shape index (κ2) is 6.85. The first kappa shape index (κ1) is 14.9. The summed E-state index contributed by atoms with van der Waals surface area (Å²) in [5.74, 6) is 0.0591. The van der Waals surface area contributed by atoms with E-state index in [-0.39, 0.29) is 17.6 Å². The minimum Gasteiger partial charge on any atom is -0.375 e. The summed E-state index contributed by atoms with van der Waals surface area (Å²) in [5.41, 5.74) is 1.33. The van der Waals surface area contributed by atoms with Gasteiger partial charge in [-0.25, -0.2) is 4.98 Å². The number of hydrogen-bond donors (Lipinski definition) is 1. The molecule has 1 fully saturated rings. The van der Waals surface area contributed by atoms with Crippen molar-refractivity contribution < 1.29 is 9.53 Å². The Labute approximate surface area is 131 Å². The van der Waals surface area contributed by atoms with Gasteiger partial charge in [-0.05, 0) is 24.3 Å². The van der Waals surface area contributed by atoms with Gasteiger partial charge in [-0.15, -0.1) is 0 Å². The SMILES string of the molecule is O=C(c1ccsc1)N1CCO[C@@H](CCc2cc(=O)[nH]cn2)C1. The summed E-state index contributed by atoms with van der Waals surface area (Å²) in [7, 11) is 0. The van der Waals surface area contributed by atoms with Gasteiger partial charge in [0.05, 0.1) is 24.6 Å². The zero-order valence-electron chi connectivity index (χ0n) is 12.0. The van der Waals surface area contributed by atoms with Gasteiger partial charge in [-0.3, -0.25) is 9.59 Å². The van der Waals surface area contributed by atoms with Gasteiger partial charge in [0, 0.05) is 30.2 Å². The van der Waals surface area contributed by atoms with Crippen LogP contribution in [0.4, 0.5) is 0 Å². The number of H-pyrrole nitrogens is 1. The largest absolute Gasteiger partial charge is 0.375 e. The third kappa shape index (κ3) is 3.61. The summed E-state index contributed by atoms with van der Waals surface area (Å²) >= 11 is 1.52. The number of aromatic nitrogens is 2. The van der Waals surface area contributed by atoms with E-state index in [2.05, 4.69) is 9.97 Å². The smallest absolute Gasteiger partial charge is 0.254 e. The molecule has 3 heterocycles. The zero-order valence-corrected chi connectivity index (χ0v) is 12.8. The van der Waals surface area contributed by atoms with Crippen molar-refractivity contribution in [3.8, 4) is 0 Å². The van der Waals surface area contributed by atoms with Crippen LogP contribution < -0.4 is 5.56 Å². The van der Waals surface area contributed by atoms with E-state index < -0.39 is 0 Å². The van der Waals surface area contributed by atoms with Crippen LogP contribution in [-0.2, 0) is 11.2 Å². The number of carbonyl (C=O) groups is 1. The second-order valence-corrected chi connectivity index (χ2v) is 5.98. The maximum atomic E-state index is 12.3. The minimum absolute atomic E-state index is 0.0163. The van der Waals surface area contributed by atoms with E-state index in [1.54, 1.807) is 0 Å². The topological polar surface area (TPSA) is 75.3 Å². The molecule has 0 radical (unpaired) electrons. The molecule has 0 aromatic carbocycles. The van der Waals surface area contributed by atoms with Crippen molar-refractivity contribution in [1.29, 1.82) is 0 Å². The van der Waals surface area contributed by atoms with Gasteiger partial charge in [0.15, 0.2) is 0 Å². The van der Waals surface area contributed by atoms with Crippen LogP contribution in [0.25, 0.3) is 0 Å². The third-order valence-electron chi connectivity index (χ3n) is 3.65. The Bertz CT molecular complexity index is 683. The van der Waals surface area contributed by atoms with Crippen LogP contribution in [0.15, 0.2) is 34.0 Å². The van der Waals surface area contributed by atoms with E-state index in [1.165, 1.54) is 23.7 Å². The number of hydrogen-bond acceptors (Lipinski definition) is 5. The number of aromatic amines is 1. The Morgan fingerprint density at radius 2 is 2.45 bits per heavy atom. The molecular formula is C15H17N3O3S. The number of morpholine rings is 1. The number of nitrogens with one attached hydrogen (secondary N) is 1. The number of nitrogens with zero attached hydrogens (tertiary/aromatic N) is 2. The van der Waals surface area contributed by atoms with Gasteiger partial charge in [-0.2, -0.15) is 11.3 Å². The molecule has 0 bridgehead atoms. The predicted octanol–water partition coefficient (Wildman–Crippen LogP) is 1.31. The van der Waals surface area contributed by atoms with Gasteiger partial charge in [-0.1, -0.05) is 0 Å². The third-order valence-corrected chi connectivity index (χ3v) is 4.33. The predicted molar refractivity (Wildman–Crippen MR) is 83.1 cm³/mol. The molecule has 0 saturated carbocycles. The molecule has 1 amide bonds. The van der Waals surface area contributed by atoms with Gasteiger partial charge < -0.3 is 14.6 Å². The molecule has 1 N–H and O–H groups in total. The first-order valence-corrected chi connectivity index (χ1v) is 8.13. The summed E-state index contributed by atoms with van der Waals surface area (Å²) in [6.45, 7) is 1.75. The zero-order chi connectivity index (χ0) is 15.4. The lowest BCUT2D eigenvalue weighted by Gasteiger charge is -2.32. The minimum atomic E-state index is -0.149. The van der Waals surface area contributed by atoms with Crippen molar-refractivity contribution in [3.63, 3.8) is 0 Å². The number of thiophene rings is 1. The number of rotatable bonds is 4. The van der Waals surface area contributed by atoms with E-state index in [0.717, 1.165) is 17.7 Å². The highest BCUT2D eigenvalue weighted by Crippen LogP contribution is 2.15. The lowest BCUT2D eigenvalue weighted by molar-refractivity contribution is -0.0246. The number of aryl methyl sites for hydroxylation is 1. The van der Waals surface area contributed by atoms with Crippen LogP contribution in [0.5, 0.6) is 0 Å². The number of ether oxygens (including phenoxy) is 1. The summed E-state index contributed by atoms with van der Waals surface area (Å²) in [5, 5.41) is 3.77. The van der Waals surface area contributed by atoms with Crippen LogP contribution in [0.1, 0.15) is 22.5 Å². The molecule has 1 atom stereocenters. The molecule has 0 aliphatic carbocycles. The number of carbonyl (C=O) groups excluding carboxylic acids is 1.